The summed E-state index contributed by atoms with van der Waals surface area (Å²) in [7, 11) is 0. The van der Waals surface area contributed by atoms with Crippen LogP contribution in [0.2, 0.25) is 0 Å². The zero-order chi connectivity index (χ0) is 22.1. The van der Waals surface area contributed by atoms with Gasteiger partial charge in [0, 0.05) is 5.69 Å². The van der Waals surface area contributed by atoms with Gasteiger partial charge in [-0.2, -0.15) is 0 Å². The Balaban J connectivity index is 1.84. The van der Waals surface area contributed by atoms with Gasteiger partial charge in [0.25, 0.3) is 5.91 Å². The van der Waals surface area contributed by atoms with Crippen molar-refractivity contribution in [3.05, 3.63) is 84.3 Å². The van der Waals surface area contributed by atoms with Gasteiger partial charge in [-0.1, -0.05) is 30.3 Å². The molecule has 0 saturated heterocycles. The number of anilines is 1. The molecule has 8 nitrogen and oxygen atoms in total. The van der Waals surface area contributed by atoms with Crippen molar-refractivity contribution in [2.24, 2.45) is 0 Å². The van der Waals surface area contributed by atoms with Gasteiger partial charge in [-0.05, 0) is 43.3 Å². The van der Waals surface area contributed by atoms with Crippen molar-refractivity contribution in [1.29, 1.82) is 0 Å². The molecule has 0 bridgehead atoms. The number of ether oxygens (including phenoxy) is 1. The van der Waals surface area contributed by atoms with Crippen molar-refractivity contribution >= 4 is 39.9 Å². The Bertz CT molecular complexity index is 1440. The second kappa shape index (κ2) is 7.99. The van der Waals surface area contributed by atoms with Gasteiger partial charge in [0.1, 0.15) is 16.9 Å². The van der Waals surface area contributed by atoms with Crippen LogP contribution in [-0.2, 0) is 4.74 Å². The number of esters is 1. The molecule has 5 rings (SSSR count). The quantitative estimate of drug-likeness (QED) is 0.413. The smallest absolute Gasteiger partial charge is 0.344 e. The van der Waals surface area contributed by atoms with Gasteiger partial charge in [0.05, 0.1) is 23.9 Å². The van der Waals surface area contributed by atoms with Crippen molar-refractivity contribution < 1.29 is 18.7 Å². The van der Waals surface area contributed by atoms with Crippen molar-refractivity contribution in [3.8, 4) is 5.69 Å². The third-order valence-corrected chi connectivity index (χ3v) is 4.93. The van der Waals surface area contributed by atoms with E-state index in [-0.39, 0.29) is 23.7 Å². The number of nitrogens with zero attached hydrogens (tertiary/aromatic N) is 3. The Morgan fingerprint density at radius 3 is 2.38 bits per heavy atom. The van der Waals surface area contributed by atoms with Gasteiger partial charge in [-0.25, -0.2) is 14.8 Å². The molecule has 0 aliphatic rings. The van der Waals surface area contributed by atoms with Crippen LogP contribution in [0.15, 0.2) is 77.4 Å². The second-order valence-electron chi connectivity index (χ2n) is 6.93. The van der Waals surface area contributed by atoms with E-state index in [0.29, 0.717) is 27.9 Å². The lowest BCUT2D eigenvalue weighted by Crippen LogP contribution is -2.17. The molecule has 0 unspecified atom stereocenters. The molecule has 0 radical (unpaired) electrons. The third-order valence-electron chi connectivity index (χ3n) is 4.93. The minimum atomic E-state index is -0.605. The summed E-state index contributed by atoms with van der Waals surface area (Å²) < 4.78 is 12.2. The van der Waals surface area contributed by atoms with Gasteiger partial charge < -0.3 is 14.5 Å². The molecular weight excluding hydrogens is 408 g/mol. The molecule has 1 N–H and O–H groups in total. The van der Waals surface area contributed by atoms with Crippen molar-refractivity contribution in [2.45, 2.75) is 6.92 Å². The topological polar surface area (TPSA) is 99.2 Å². The van der Waals surface area contributed by atoms with Gasteiger partial charge >= 0.3 is 5.97 Å². The maximum absolute atomic E-state index is 13.1. The minimum absolute atomic E-state index is 0.107. The first kappa shape index (κ1) is 19.5. The number of amides is 1. The highest BCUT2D eigenvalue weighted by Gasteiger charge is 2.29. The van der Waals surface area contributed by atoms with E-state index in [1.54, 1.807) is 23.6 Å². The molecule has 0 saturated carbocycles. The van der Waals surface area contributed by atoms with Crippen molar-refractivity contribution in [1.82, 2.24) is 14.5 Å². The predicted molar refractivity (Wildman–Crippen MR) is 119 cm³/mol. The third kappa shape index (κ3) is 3.27. The first-order chi connectivity index (χ1) is 15.7. The maximum Gasteiger partial charge on any atom is 0.344 e. The van der Waals surface area contributed by atoms with Crippen molar-refractivity contribution in [3.63, 3.8) is 0 Å². The first-order valence-corrected chi connectivity index (χ1v) is 10.1. The fraction of sp³-hybridized carbons (Fsp3) is 0.0833. The molecule has 0 aliphatic heterocycles. The van der Waals surface area contributed by atoms with Crippen LogP contribution >= 0.6 is 0 Å². The van der Waals surface area contributed by atoms with E-state index in [1.165, 1.54) is 6.26 Å². The van der Waals surface area contributed by atoms with E-state index < -0.39 is 11.9 Å². The van der Waals surface area contributed by atoms with Gasteiger partial charge in [-0.15, -0.1) is 0 Å². The summed E-state index contributed by atoms with van der Waals surface area (Å²) in [4.78, 5) is 35.4. The van der Waals surface area contributed by atoms with E-state index >= 15 is 0 Å². The second-order valence-corrected chi connectivity index (χ2v) is 6.93. The van der Waals surface area contributed by atoms with Crippen LogP contribution in [0.25, 0.3) is 27.9 Å². The number of para-hydroxylation sites is 3. The molecule has 3 heterocycles. The fourth-order valence-corrected chi connectivity index (χ4v) is 3.56. The molecule has 1 amide bonds. The lowest BCUT2D eigenvalue weighted by molar-refractivity contribution is 0.0529. The molecular formula is C24H18N4O4. The zero-order valence-electron chi connectivity index (χ0n) is 17.1. The Labute approximate surface area is 182 Å². The van der Waals surface area contributed by atoms with Gasteiger partial charge in [-0.3, -0.25) is 9.36 Å². The normalized spacial score (nSPS) is 11.0. The summed E-state index contributed by atoms with van der Waals surface area (Å²) >= 11 is 0. The van der Waals surface area contributed by atoms with Crippen LogP contribution in [0.3, 0.4) is 0 Å². The van der Waals surface area contributed by atoms with Crippen LogP contribution < -0.4 is 5.32 Å². The van der Waals surface area contributed by atoms with Crippen LogP contribution in [-0.4, -0.2) is 33.0 Å². The van der Waals surface area contributed by atoms with Crippen LogP contribution in [0.5, 0.6) is 0 Å². The lowest BCUT2D eigenvalue weighted by atomic mass is 10.2. The van der Waals surface area contributed by atoms with Crippen molar-refractivity contribution in [2.75, 3.05) is 11.9 Å². The number of carbonyl (C=O) groups is 2. The van der Waals surface area contributed by atoms with E-state index in [4.69, 9.17) is 19.1 Å². The molecule has 158 valence electrons. The number of carbonyl (C=O) groups excluding carboxylic acids is 2. The van der Waals surface area contributed by atoms with Crippen LogP contribution in [0.1, 0.15) is 27.8 Å². The molecule has 0 aliphatic carbocycles. The Morgan fingerprint density at radius 2 is 1.69 bits per heavy atom. The highest BCUT2D eigenvalue weighted by molar-refractivity contribution is 6.13. The van der Waals surface area contributed by atoms with E-state index in [2.05, 4.69) is 5.32 Å². The molecule has 0 fully saturated rings. The monoisotopic (exact) mass is 426 g/mol. The summed E-state index contributed by atoms with van der Waals surface area (Å²) in [6.45, 7) is 1.89. The molecule has 5 aromatic rings. The average molecular weight is 426 g/mol. The van der Waals surface area contributed by atoms with Gasteiger partial charge in [0.2, 0.25) is 0 Å². The first-order valence-electron chi connectivity index (χ1n) is 10.1. The standard InChI is InChI=1S/C24H18N4O4/c1-2-31-24(30)19-20-22(26-17-12-7-6-11-16(17)25-20)28(15-9-4-3-5-10-15)21(19)27-23(29)18-13-8-14-32-18/h3-14H,2H2,1H3,(H,27,29). The predicted octanol–water partition coefficient (Wildman–Crippen LogP) is 4.60. The van der Waals surface area contributed by atoms with Gasteiger partial charge in [0.15, 0.2) is 11.4 Å². The SMILES string of the molecule is CCOC(=O)c1c(NC(=O)c2ccco2)n(-c2ccccc2)c2nc3ccccc3nc12. The number of aromatic nitrogens is 3. The van der Waals surface area contributed by atoms with Crippen LogP contribution in [0.4, 0.5) is 5.82 Å². The summed E-state index contributed by atoms with van der Waals surface area (Å²) in [6, 6.07) is 19.8. The fourth-order valence-electron chi connectivity index (χ4n) is 3.56. The summed E-state index contributed by atoms with van der Waals surface area (Å²) in [5, 5.41) is 2.81. The molecule has 2 aromatic carbocycles. The van der Waals surface area contributed by atoms with Crippen LogP contribution in [0, 0.1) is 0 Å². The molecule has 32 heavy (non-hydrogen) atoms. The molecule has 8 heteroatoms. The zero-order valence-corrected chi connectivity index (χ0v) is 17.1. The number of furan rings is 1. The number of nitrogens with one attached hydrogen (secondary N) is 1. The Kier molecular flexibility index (Phi) is 4.87. The minimum Gasteiger partial charge on any atom is -0.462 e. The number of rotatable bonds is 5. The largest absolute Gasteiger partial charge is 0.462 e. The molecule has 0 atom stereocenters. The number of hydrogen-bond donors (Lipinski definition) is 1. The average Bonchev–Trinajstić information content (AvgIpc) is 3.45. The summed E-state index contributed by atoms with van der Waals surface area (Å²) in [5.41, 5.74) is 2.87. The lowest BCUT2D eigenvalue weighted by Gasteiger charge is -2.12. The highest BCUT2D eigenvalue weighted by Crippen LogP contribution is 2.33. The number of fused-ring (bicyclic) bond motifs is 2. The maximum atomic E-state index is 13.1. The van der Waals surface area contributed by atoms with E-state index in [0.717, 1.165) is 0 Å². The van der Waals surface area contributed by atoms with E-state index in [1.807, 2.05) is 54.6 Å². The number of hydrogen-bond acceptors (Lipinski definition) is 6. The summed E-state index contributed by atoms with van der Waals surface area (Å²) in [6.07, 6.45) is 1.41. The Hall–Kier alpha value is -4.46. The molecule has 3 aromatic heterocycles. The van der Waals surface area contributed by atoms with E-state index in [9.17, 15) is 9.59 Å². The number of benzene rings is 2. The molecule has 0 spiro atoms. The summed E-state index contributed by atoms with van der Waals surface area (Å²) in [5.74, 6) is -0.797. The Morgan fingerprint density at radius 1 is 0.969 bits per heavy atom. The highest BCUT2D eigenvalue weighted by atomic mass is 16.5.